The number of benzene rings is 1. The summed E-state index contributed by atoms with van der Waals surface area (Å²) in [6.45, 7) is 1.93. The highest BCUT2D eigenvalue weighted by atomic mass is 16.1. The standard InChI is InChI=1S/C15H16N2O/c1-11-8-9-17-10-14(11)15(18)7-4-12-2-5-13(16)6-3-12/h2-3,5-6,8-10H,4,7,16H2,1H3. The quantitative estimate of drug-likeness (QED) is 0.660. The van der Waals surface area contributed by atoms with Gasteiger partial charge in [0.2, 0.25) is 0 Å². The van der Waals surface area contributed by atoms with E-state index >= 15 is 0 Å². The summed E-state index contributed by atoms with van der Waals surface area (Å²) < 4.78 is 0. The van der Waals surface area contributed by atoms with Crippen LogP contribution in [0, 0.1) is 6.92 Å². The highest BCUT2D eigenvalue weighted by Gasteiger charge is 2.08. The maximum absolute atomic E-state index is 12.0. The second kappa shape index (κ2) is 5.45. The van der Waals surface area contributed by atoms with E-state index in [-0.39, 0.29) is 5.78 Å². The summed E-state index contributed by atoms with van der Waals surface area (Å²) in [5.74, 6) is 0.137. The van der Waals surface area contributed by atoms with E-state index in [1.165, 1.54) is 0 Å². The van der Waals surface area contributed by atoms with Gasteiger partial charge in [-0.25, -0.2) is 0 Å². The number of carbonyl (C=O) groups is 1. The first kappa shape index (κ1) is 12.3. The molecule has 0 saturated carbocycles. The third kappa shape index (κ3) is 2.94. The number of pyridine rings is 1. The molecule has 0 atom stereocenters. The minimum absolute atomic E-state index is 0.137. The fraction of sp³-hybridized carbons (Fsp3) is 0.200. The van der Waals surface area contributed by atoms with Gasteiger partial charge < -0.3 is 5.73 Å². The Balaban J connectivity index is 2.01. The fourth-order valence-electron chi connectivity index (χ4n) is 1.83. The van der Waals surface area contributed by atoms with Crippen LogP contribution in [0.15, 0.2) is 42.7 Å². The van der Waals surface area contributed by atoms with Gasteiger partial charge in [-0.1, -0.05) is 12.1 Å². The number of nitrogen functional groups attached to an aromatic ring is 1. The van der Waals surface area contributed by atoms with Gasteiger partial charge in [0.15, 0.2) is 5.78 Å². The monoisotopic (exact) mass is 240 g/mol. The van der Waals surface area contributed by atoms with E-state index in [2.05, 4.69) is 4.98 Å². The van der Waals surface area contributed by atoms with E-state index in [9.17, 15) is 4.79 Å². The van der Waals surface area contributed by atoms with Crippen LogP contribution < -0.4 is 5.73 Å². The molecule has 92 valence electrons. The maximum Gasteiger partial charge on any atom is 0.165 e. The Hall–Kier alpha value is -2.16. The molecule has 0 bridgehead atoms. The number of carbonyl (C=O) groups excluding carboxylic acids is 1. The molecule has 0 aliphatic rings. The lowest BCUT2D eigenvalue weighted by Crippen LogP contribution is -2.04. The van der Waals surface area contributed by atoms with Gasteiger partial charge in [0, 0.05) is 30.1 Å². The molecule has 2 rings (SSSR count). The van der Waals surface area contributed by atoms with Crippen LogP contribution in [-0.4, -0.2) is 10.8 Å². The van der Waals surface area contributed by atoms with Crippen LogP contribution in [-0.2, 0) is 6.42 Å². The van der Waals surface area contributed by atoms with Crippen LogP contribution in [0.4, 0.5) is 5.69 Å². The van der Waals surface area contributed by atoms with Gasteiger partial charge in [0.1, 0.15) is 0 Å². The summed E-state index contributed by atoms with van der Waals surface area (Å²) in [5, 5.41) is 0. The van der Waals surface area contributed by atoms with Gasteiger partial charge in [0.25, 0.3) is 0 Å². The summed E-state index contributed by atoms with van der Waals surface area (Å²) >= 11 is 0. The second-order valence-corrected chi connectivity index (χ2v) is 4.36. The van der Waals surface area contributed by atoms with Crippen molar-refractivity contribution in [2.75, 3.05) is 5.73 Å². The zero-order valence-electron chi connectivity index (χ0n) is 10.4. The van der Waals surface area contributed by atoms with Crippen molar-refractivity contribution in [2.24, 2.45) is 0 Å². The molecule has 0 aliphatic carbocycles. The van der Waals surface area contributed by atoms with Crippen molar-refractivity contribution >= 4 is 11.5 Å². The molecule has 0 radical (unpaired) electrons. The number of hydrogen-bond acceptors (Lipinski definition) is 3. The van der Waals surface area contributed by atoms with E-state index in [4.69, 9.17) is 5.73 Å². The summed E-state index contributed by atoms with van der Waals surface area (Å²) in [6, 6.07) is 9.48. The predicted octanol–water partition coefficient (Wildman–Crippen LogP) is 2.79. The van der Waals surface area contributed by atoms with Crippen LogP contribution in [0.1, 0.15) is 27.9 Å². The van der Waals surface area contributed by atoms with Gasteiger partial charge in [-0.05, 0) is 42.7 Å². The molecule has 3 heteroatoms. The van der Waals surface area contributed by atoms with Crippen molar-refractivity contribution in [3.8, 4) is 0 Å². The molecule has 0 unspecified atom stereocenters. The first-order chi connectivity index (χ1) is 8.66. The largest absolute Gasteiger partial charge is 0.399 e. The normalized spacial score (nSPS) is 10.3. The van der Waals surface area contributed by atoms with E-state index in [0.29, 0.717) is 12.0 Å². The average Bonchev–Trinajstić information content (AvgIpc) is 2.38. The molecule has 0 saturated heterocycles. The van der Waals surface area contributed by atoms with E-state index in [0.717, 1.165) is 23.2 Å². The highest BCUT2D eigenvalue weighted by Crippen LogP contribution is 2.12. The van der Waals surface area contributed by atoms with Crippen molar-refractivity contribution in [2.45, 2.75) is 19.8 Å². The molecule has 1 aromatic carbocycles. The summed E-state index contributed by atoms with van der Waals surface area (Å²) in [4.78, 5) is 16.0. The second-order valence-electron chi connectivity index (χ2n) is 4.36. The average molecular weight is 240 g/mol. The SMILES string of the molecule is Cc1ccncc1C(=O)CCc1ccc(N)cc1. The summed E-state index contributed by atoms with van der Waals surface area (Å²) in [5.41, 5.74) is 9.18. The van der Waals surface area contributed by atoms with Crippen molar-refractivity contribution < 1.29 is 4.79 Å². The van der Waals surface area contributed by atoms with Gasteiger partial charge in [-0.15, -0.1) is 0 Å². The van der Waals surface area contributed by atoms with E-state index in [1.807, 2.05) is 37.3 Å². The lowest BCUT2D eigenvalue weighted by Gasteiger charge is -2.04. The molecule has 0 spiro atoms. The number of aromatic nitrogens is 1. The Labute approximate surface area is 107 Å². The number of nitrogens with zero attached hydrogens (tertiary/aromatic N) is 1. The Morgan fingerprint density at radius 1 is 1.22 bits per heavy atom. The number of nitrogens with two attached hydrogens (primary N) is 1. The molecule has 2 aromatic rings. The lowest BCUT2D eigenvalue weighted by molar-refractivity contribution is 0.0982. The zero-order chi connectivity index (χ0) is 13.0. The van der Waals surface area contributed by atoms with Crippen LogP contribution in [0.25, 0.3) is 0 Å². The molecule has 1 aromatic heterocycles. The Morgan fingerprint density at radius 2 is 1.94 bits per heavy atom. The number of rotatable bonds is 4. The van der Waals surface area contributed by atoms with E-state index in [1.54, 1.807) is 12.4 Å². The van der Waals surface area contributed by atoms with Crippen LogP contribution in [0.2, 0.25) is 0 Å². The smallest absolute Gasteiger partial charge is 0.165 e. The molecule has 18 heavy (non-hydrogen) atoms. The summed E-state index contributed by atoms with van der Waals surface area (Å²) in [7, 11) is 0. The van der Waals surface area contributed by atoms with Crippen molar-refractivity contribution in [3.63, 3.8) is 0 Å². The first-order valence-electron chi connectivity index (χ1n) is 5.95. The Kier molecular flexibility index (Phi) is 3.72. The minimum atomic E-state index is 0.137. The highest BCUT2D eigenvalue weighted by molar-refractivity contribution is 5.97. The van der Waals surface area contributed by atoms with Crippen molar-refractivity contribution in [1.29, 1.82) is 0 Å². The van der Waals surface area contributed by atoms with Gasteiger partial charge in [0.05, 0.1) is 0 Å². The van der Waals surface area contributed by atoms with Gasteiger partial charge >= 0.3 is 0 Å². The number of ketones is 1. The van der Waals surface area contributed by atoms with Crippen LogP contribution in [0.3, 0.4) is 0 Å². The fourth-order valence-corrected chi connectivity index (χ4v) is 1.83. The topological polar surface area (TPSA) is 56.0 Å². The molecular weight excluding hydrogens is 224 g/mol. The minimum Gasteiger partial charge on any atom is -0.399 e. The molecule has 3 nitrogen and oxygen atoms in total. The van der Waals surface area contributed by atoms with Gasteiger partial charge in [-0.3, -0.25) is 9.78 Å². The molecule has 2 N–H and O–H groups in total. The van der Waals surface area contributed by atoms with Gasteiger partial charge in [-0.2, -0.15) is 0 Å². The molecule has 1 heterocycles. The lowest BCUT2D eigenvalue weighted by atomic mass is 10.0. The maximum atomic E-state index is 12.0. The Bertz CT molecular complexity index is 547. The Morgan fingerprint density at radius 3 is 2.61 bits per heavy atom. The molecular formula is C15H16N2O. The zero-order valence-corrected chi connectivity index (χ0v) is 10.4. The van der Waals surface area contributed by atoms with Crippen LogP contribution >= 0.6 is 0 Å². The molecule has 0 amide bonds. The first-order valence-corrected chi connectivity index (χ1v) is 5.95. The number of anilines is 1. The number of Topliss-reactive ketones (excluding diaryl/α,β-unsaturated/α-hetero) is 1. The predicted molar refractivity (Wildman–Crippen MR) is 72.5 cm³/mol. The number of hydrogen-bond donors (Lipinski definition) is 1. The molecule has 0 fully saturated rings. The number of aryl methyl sites for hydroxylation is 2. The van der Waals surface area contributed by atoms with Crippen molar-refractivity contribution in [3.05, 3.63) is 59.4 Å². The third-order valence-corrected chi connectivity index (χ3v) is 2.96. The van der Waals surface area contributed by atoms with Crippen LogP contribution in [0.5, 0.6) is 0 Å². The van der Waals surface area contributed by atoms with Crippen molar-refractivity contribution in [1.82, 2.24) is 4.98 Å². The third-order valence-electron chi connectivity index (χ3n) is 2.96. The molecule has 0 aliphatic heterocycles. The van der Waals surface area contributed by atoms with E-state index < -0.39 is 0 Å². The summed E-state index contributed by atoms with van der Waals surface area (Å²) in [6.07, 6.45) is 4.57.